The maximum atomic E-state index is 3.58. The zero-order valence-electron chi connectivity index (χ0n) is 10.7. The Labute approximate surface area is 113 Å². The molecule has 94 valence electrons. The van der Waals surface area contributed by atoms with Gasteiger partial charge in [-0.3, -0.25) is 0 Å². The van der Waals surface area contributed by atoms with Gasteiger partial charge in [0.1, 0.15) is 0 Å². The van der Waals surface area contributed by atoms with Crippen molar-refractivity contribution in [2.45, 2.75) is 26.3 Å². The molecule has 1 heterocycles. The maximum absolute atomic E-state index is 3.58. The Bertz CT molecular complexity index is 370. The summed E-state index contributed by atoms with van der Waals surface area (Å²) in [4.78, 5) is 2.53. The Morgan fingerprint density at radius 1 is 1.35 bits per heavy atom. The van der Waals surface area contributed by atoms with E-state index < -0.39 is 0 Å². The van der Waals surface area contributed by atoms with E-state index in [4.69, 9.17) is 0 Å². The second-order valence-electron chi connectivity index (χ2n) is 4.97. The molecule has 0 aromatic heterocycles. The van der Waals surface area contributed by atoms with Gasteiger partial charge in [0, 0.05) is 29.8 Å². The van der Waals surface area contributed by atoms with Crippen LogP contribution in [0.1, 0.15) is 25.3 Å². The maximum Gasteiger partial charge on any atom is 0.0423 e. The van der Waals surface area contributed by atoms with Gasteiger partial charge in [0.2, 0.25) is 0 Å². The molecule has 0 unspecified atom stereocenters. The van der Waals surface area contributed by atoms with Crippen molar-refractivity contribution in [1.82, 2.24) is 5.32 Å². The Balaban J connectivity index is 2.20. The first-order valence-corrected chi connectivity index (χ1v) is 7.18. The molecule has 17 heavy (non-hydrogen) atoms. The second-order valence-corrected chi connectivity index (χ2v) is 5.89. The summed E-state index contributed by atoms with van der Waals surface area (Å²) < 4.78 is 1.17. The molecule has 1 fully saturated rings. The Morgan fingerprint density at radius 2 is 2.06 bits per heavy atom. The zero-order chi connectivity index (χ0) is 12.3. The number of hydrogen-bond acceptors (Lipinski definition) is 2. The van der Waals surface area contributed by atoms with Crippen molar-refractivity contribution in [3.05, 3.63) is 28.2 Å². The first-order chi connectivity index (χ1) is 8.20. The highest BCUT2D eigenvalue weighted by atomic mass is 79.9. The van der Waals surface area contributed by atoms with Gasteiger partial charge in [-0.05, 0) is 43.5 Å². The molecular formula is C14H21BrN2. The van der Waals surface area contributed by atoms with Crippen LogP contribution in [0, 0.1) is 5.92 Å². The molecule has 3 heteroatoms. The standard InChI is InChI=1S/C14H21BrN2/c1-11-5-7-17(8-6-11)14-9-13(15)4-3-12(14)10-16-2/h3-4,9,11,16H,5-8,10H2,1-2H3. The largest absolute Gasteiger partial charge is 0.371 e. The molecule has 1 aliphatic heterocycles. The van der Waals surface area contributed by atoms with Crippen LogP contribution in [0.15, 0.2) is 22.7 Å². The Kier molecular flexibility index (Phi) is 4.46. The van der Waals surface area contributed by atoms with E-state index in [0.717, 1.165) is 12.5 Å². The van der Waals surface area contributed by atoms with E-state index in [2.05, 4.69) is 51.3 Å². The number of nitrogens with zero attached hydrogens (tertiary/aromatic N) is 1. The topological polar surface area (TPSA) is 15.3 Å². The number of anilines is 1. The number of benzene rings is 1. The molecule has 1 N–H and O–H groups in total. The molecule has 1 aromatic rings. The average Bonchev–Trinajstić information content (AvgIpc) is 2.33. The summed E-state index contributed by atoms with van der Waals surface area (Å²) in [7, 11) is 2.00. The van der Waals surface area contributed by atoms with E-state index in [1.165, 1.54) is 41.7 Å². The molecule has 1 saturated heterocycles. The molecule has 0 bridgehead atoms. The first-order valence-electron chi connectivity index (χ1n) is 6.38. The highest BCUT2D eigenvalue weighted by molar-refractivity contribution is 9.10. The molecule has 1 aliphatic rings. The molecule has 0 saturated carbocycles. The predicted octanol–water partition coefficient (Wildman–Crippen LogP) is 3.40. The van der Waals surface area contributed by atoms with Gasteiger partial charge in [-0.15, -0.1) is 0 Å². The van der Waals surface area contributed by atoms with Crippen LogP contribution in [0.5, 0.6) is 0 Å². The predicted molar refractivity (Wildman–Crippen MR) is 77.5 cm³/mol. The van der Waals surface area contributed by atoms with Crippen molar-refractivity contribution < 1.29 is 0 Å². The van der Waals surface area contributed by atoms with Gasteiger partial charge in [0.25, 0.3) is 0 Å². The SMILES string of the molecule is CNCc1ccc(Br)cc1N1CCC(C)CC1. The van der Waals surface area contributed by atoms with Gasteiger partial charge in [-0.1, -0.05) is 28.9 Å². The van der Waals surface area contributed by atoms with E-state index in [9.17, 15) is 0 Å². The summed E-state index contributed by atoms with van der Waals surface area (Å²) in [6, 6.07) is 6.60. The summed E-state index contributed by atoms with van der Waals surface area (Å²) in [5.41, 5.74) is 2.78. The quantitative estimate of drug-likeness (QED) is 0.920. The Morgan fingerprint density at radius 3 is 2.71 bits per heavy atom. The van der Waals surface area contributed by atoms with Crippen molar-refractivity contribution in [2.75, 3.05) is 25.0 Å². The van der Waals surface area contributed by atoms with E-state index >= 15 is 0 Å². The lowest BCUT2D eigenvalue weighted by Crippen LogP contribution is -2.33. The van der Waals surface area contributed by atoms with Crippen molar-refractivity contribution in [3.8, 4) is 0 Å². The van der Waals surface area contributed by atoms with Crippen LogP contribution in [-0.4, -0.2) is 20.1 Å². The van der Waals surface area contributed by atoms with Crippen LogP contribution in [0.4, 0.5) is 5.69 Å². The number of piperidine rings is 1. The fourth-order valence-corrected chi connectivity index (χ4v) is 2.77. The van der Waals surface area contributed by atoms with Gasteiger partial charge >= 0.3 is 0 Å². The molecule has 0 aliphatic carbocycles. The molecule has 2 nitrogen and oxygen atoms in total. The monoisotopic (exact) mass is 296 g/mol. The molecular weight excluding hydrogens is 276 g/mol. The van der Waals surface area contributed by atoms with Crippen molar-refractivity contribution >= 4 is 21.6 Å². The minimum absolute atomic E-state index is 0.881. The minimum Gasteiger partial charge on any atom is -0.371 e. The summed E-state index contributed by atoms with van der Waals surface area (Å²) in [6.07, 6.45) is 2.62. The van der Waals surface area contributed by atoms with Gasteiger partial charge in [-0.25, -0.2) is 0 Å². The van der Waals surface area contributed by atoms with Crippen LogP contribution in [0.2, 0.25) is 0 Å². The summed E-state index contributed by atoms with van der Waals surface area (Å²) >= 11 is 3.58. The number of hydrogen-bond donors (Lipinski definition) is 1. The third-order valence-corrected chi connectivity index (χ3v) is 4.03. The Hall–Kier alpha value is -0.540. The first kappa shape index (κ1) is 12.9. The van der Waals surface area contributed by atoms with Crippen LogP contribution < -0.4 is 10.2 Å². The third kappa shape index (κ3) is 3.23. The fourth-order valence-electron chi connectivity index (χ4n) is 2.42. The molecule has 1 aromatic carbocycles. The lowest BCUT2D eigenvalue weighted by molar-refractivity contribution is 0.438. The van der Waals surface area contributed by atoms with Crippen LogP contribution >= 0.6 is 15.9 Å². The van der Waals surface area contributed by atoms with Crippen LogP contribution in [0.25, 0.3) is 0 Å². The zero-order valence-corrected chi connectivity index (χ0v) is 12.3. The molecule has 2 rings (SSSR count). The van der Waals surface area contributed by atoms with E-state index in [-0.39, 0.29) is 0 Å². The van der Waals surface area contributed by atoms with Gasteiger partial charge < -0.3 is 10.2 Å². The fraction of sp³-hybridized carbons (Fsp3) is 0.571. The van der Waals surface area contributed by atoms with Gasteiger partial charge in [0.05, 0.1) is 0 Å². The van der Waals surface area contributed by atoms with Crippen LogP contribution in [-0.2, 0) is 6.54 Å². The second kappa shape index (κ2) is 5.87. The normalized spacial score (nSPS) is 17.5. The minimum atomic E-state index is 0.881. The van der Waals surface area contributed by atoms with E-state index in [1.54, 1.807) is 0 Å². The lowest BCUT2D eigenvalue weighted by Gasteiger charge is -2.33. The van der Waals surface area contributed by atoms with E-state index in [1.807, 2.05) is 7.05 Å². The third-order valence-electron chi connectivity index (χ3n) is 3.54. The summed E-state index contributed by atoms with van der Waals surface area (Å²) in [6.45, 7) is 5.67. The highest BCUT2D eigenvalue weighted by Crippen LogP contribution is 2.29. The molecule has 0 radical (unpaired) electrons. The average molecular weight is 297 g/mol. The van der Waals surface area contributed by atoms with Gasteiger partial charge in [0.15, 0.2) is 0 Å². The molecule has 0 atom stereocenters. The molecule has 0 amide bonds. The van der Waals surface area contributed by atoms with Crippen molar-refractivity contribution in [3.63, 3.8) is 0 Å². The van der Waals surface area contributed by atoms with Crippen LogP contribution in [0.3, 0.4) is 0 Å². The lowest BCUT2D eigenvalue weighted by atomic mass is 9.98. The van der Waals surface area contributed by atoms with Gasteiger partial charge in [-0.2, -0.15) is 0 Å². The number of halogens is 1. The van der Waals surface area contributed by atoms with E-state index in [0.29, 0.717) is 0 Å². The smallest absolute Gasteiger partial charge is 0.0423 e. The highest BCUT2D eigenvalue weighted by Gasteiger charge is 2.18. The summed E-state index contributed by atoms with van der Waals surface area (Å²) in [5.74, 6) is 0.881. The number of nitrogens with one attached hydrogen (secondary N) is 1. The van der Waals surface area contributed by atoms with Crippen molar-refractivity contribution in [2.24, 2.45) is 5.92 Å². The van der Waals surface area contributed by atoms with Crippen molar-refractivity contribution in [1.29, 1.82) is 0 Å². The summed E-state index contributed by atoms with van der Waals surface area (Å²) in [5, 5.41) is 3.25. The molecule has 0 spiro atoms. The number of rotatable bonds is 3.